The number of nitrogens with zero attached hydrogens (tertiary/aromatic N) is 3. The van der Waals surface area contributed by atoms with Gasteiger partial charge in [0, 0.05) is 23.3 Å². The smallest absolute Gasteiger partial charge is 0.262 e. The molecule has 0 fully saturated rings. The van der Waals surface area contributed by atoms with Gasteiger partial charge in [-0.15, -0.1) is 0 Å². The Morgan fingerprint density at radius 2 is 1.69 bits per heavy atom. The number of sulfonamides is 1. The topological polar surface area (TPSA) is 98.0 Å². The predicted molar refractivity (Wildman–Crippen MR) is 122 cm³/mol. The van der Waals surface area contributed by atoms with E-state index in [2.05, 4.69) is 19.8 Å². The second-order valence-corrected chi connectivity index (χ2v) is 8.82. The van der Waals surface area contributed by atoms with E-state index in [0.717, 1.165) is 16.5 Å². The molecule has 1 N–H and O–H groups in total. The van der Waals surface area contributed by atoms with Gasteiger partial charge in [-0.2, -0.15) is 4.98 Å². The van der Waals surface area contributed by atoms with Gasteiger partial charge in [-0.1, -0.05) is 59.8 Å². The average molecular weight is 443 g/mol. The number of hydrogen-bond donors (Lipinski definition) is 1. The molecule has 0 saturated carbocycles. The Morgan fingerprint density at radius 3 is 2.56 bits per heavy atom. The Morgan fingerprint density at radius 1 is 0.875 bits per heavy atom. The van der Waals surface area contributed by atoms with E-state index >= 15 is 0 Å². The summed E-state index contributed by atoms with van der Waals surface area (Å²) in [6, 6.07) is 23.4. The lowest BCUT2D eigenvalue weighted by Gasteiger charge is -2.13. The van der Waals surface area contributed by atoms with Gasteiger partial charge in [0.15, 0.2) is 0 Å². The van der Waals surface area contributed by atoms with Gasteiger partial charge in [-0.05, 0) is 35.2 Å². The molecule has 0 unspecified atom stereocenters. The van der Waals surface area contributed by atoms with Crippen LogP contribution in [0, 0.1) is 0 Å². The first-order chi connectivity index (χ1) is 15.6. The van der Waals surface area contributed by atoms with Crippen LogP contribution in [-0.4, -0.2) is 23.5 Å². The van der Waals surface area contributed by atoms with Crippen molar-refractivity contribution in [3.8, 4) is 11.4 Å². The van der Waals surface area contributed by atoms with Gasteiger partial charge in [0.25, 0.3) is 10.0 Å². The monoisotopic (exact) mass is 442 g/mol. The molecule has 0 aliphatic rings. The van der Waals surface area contributed by atoms with Gasteiger partial charge in [0.05, 0.1) is 17.0 Å². The van der Waals surface area contributed by atoms with Crippen LogP contribution >= 0.6 is 0 Å². The summed E-state index contributed by atoms with van der Waals surface area (Å²) in [4.78, 5) is 8.70. The molecule has 0 atom stereocenters. The maximum absolute atomic E-state index is 13.2. The van der Waals surface area contributed by atoms with E-state index < -0.39 is 10.0 Å². The molecule has 0 spiro atoms. The molecule has 2 aromatic heterocycles. The Bertz CT molecular complexity index is 1490. The maximum Gasteiger partial charge on any atom is 0.262 e. The van der Waals surface area contributed by atoms with Crippen molar-refractivity contribution in [3.63, 3.8) is 0 Å². The number of hydrogen-bond acceptors (Lipinski definition) is 6. The normalized spacial score (nSPS) is 11.5. The van der Waals surface area contributed by atoms with E-state index in [1.165, 1.54) is 0 Å². The van der Waals surface area contributed by atoms with Gasteiger partial charge in [0.2, 0.25) is 11.7 Å². The second kappa shape index (κ2) is 8.24. The summed E-state index contributed by atoms with van der Waals surface area (Å²) in [5, 5.41) is 5.53. The third-order valence-electron chi connectivity index (χ3n) is 5.03. The van der Waals surface area contributed by atoms with E-state index in [0.29, 0.717) is 22.8 Å². The van der Waals surface area contributed by atoms with E-state index in [-0.39, 0.29) is 11.3 Å². The van der Waals surface area contributed by atoms with E-state index in [9.17, 15) is 8.42 Å². The fraction of sp³-hybridized carbons (Fsp3) is 0.0417. The lowest BCUT2D eigenvalue weighted by Crippen LogP contribution is -2.14. The van der Waals surface area contributed by atoms with Crippen LogP contribution in [0.25, 0.3) is 22.2 Å². The SMILES string of the molecule is O=S(=O)(Nc1ccccc1Cc1nc(-c2cccnc2)no1)c1cccc2ccccc12. The average Bonchev–Trinajstić information content (AvgIpc) is 3.29. The van der Waals surface area contributed by atoms with Crippen LogP contribution in [-0.2, 0) is 16.4 Å². The predicted octanol–water partition coefficient (Wildman–Crippen LogP) is 4.68. The fourth-order valence-corrected chi connectivity index (χ4v) is 4.84. The van der Waals surface area contributed by atoms with Crippen LogP contribution in [0.15, 0.2) is 101 Å². The van der Waals surface area contributed by atoms with Gasteiger partial charge in [0.1, 0.15) is 0 Å². The second-order valence-electron chi connectivity index (χ2n) is 7.17. The van der Waals surface area contributed by atoms with Crippen LogP contribution in [0.3, 0.4) is 0 Å². The maximum atomic E-state index is 13.2. The molecule has 0 radical (unpaired) electrons. The first kappa shape index (κ1) is 19.9. The van der Waals surface area contributed by atoms with Crippen molar-refractivity contribution in [2.45, 2.75) is 11.3 Å². The van der Waals surface area contributed by atoms with Crippen LogP contribution < -0.4 is 4.72 Å². The van der Waals surface area contributed by atoms with Crippen molar-refractivity contribution < 1.29 is 12.9 Å². The fourth-order valence-electron chi connectivity index (χ4n) is 3.51. The number of rotatable bonds is 6. The summed E-state index contributed by atoms with van der Waals surface area (Å²) in [5.74, 6) is 0.808. The molecule has 0 amide bonds. The van der Waals surface area contributed by atoms with Crippen LogP contribution in [0.4, 0.5) is 5.69 Å². The molecule has 5 aromatic rings. The zero-order chi connectivity index (χ0) is 22.0. The first-order valence-corrected chi connectivity index (χ1v) is 11.4. The molecule has 3 aromatic carbocycles. The standard InChI is InChI=1S/C24H18N4O3S/c29-32(30,22-13-5-9-17-7-1-3-11-20(17)22)28-21-12-4-2-8-18(21)15-23-26-24(27-31-23)19-10-6-14-25-16-19/h1-14,16,28H,15H2. The molecule has 0 bridgehead atoms. The number of benzene rings is 3. The lowest BCUT2D eigenvalue weighted by atomic mass is 10.1. The Balaban J connectivity index is 1.45. The molecule has 8 heteroatoms. The third kappa shape index (κ3) is 3.95. The molecule has 32 heavy (non-hydrogen) atoms. The minimum absolute atomic E-state index is 0.224. The molecule has 5 rings (SSSR count). The third-order valence-corrected chi connectivity index (χ3v) is 6.45. The van der Waals surface area contributed by atoms with Gasteiger partial charge < -0.3 is 4.52 Å². The molecule has 0 saturated heterocycles. The summed E-state index contributed by atoms with van der Waals surface area (Å²) in [5.41, 5.74) is 1.92. The van der Waals surface area contributed by atoms with Crippen molar-refractivity contribution >= 4 is 26.5 Å². The van der Waals surface area contributed by atoms with E-state index in [4.69, 9.17) is 4.52 Å². The number of anilines is 1. The number of pyridine rings is 1. The lowest BCUT2D eigenvalue weighted by molar-refractivity contribution is 0.386. The van der Waals surface area contributed by atoms with Crippen LogP contribution in [0.5, 0.6) is 0 Å². The van der Waals surface area contributed by atoms with E-state index in [1.807, 2.05) is 42.5 Å². The summed E-state index contributed by atoms with van der Waals surface area (Å²) in [6.07, 6.45) is 3.60. The largest absolute Gasteiger partial charge is 0.339 e. The molecule has 0 aliphatic carbocycles. The number of aromatic nitrogens is 3. The minimum Gasteiger partial charge on any atom is -0.339 e. The van der Waals surface area contributed by atoms with Crippen molar-refractivity contribution in [1.82, 2.24) is 15.1 Å². The van der Waals surface area contributed by atoms with Gasteiger partial charge in [-0.25, -0.2) is 8.42 Å². The number of fused-ring (bicyclic) bond motifs is 1. The highest BCUT2D eigenvalue weighted by Gasteiger charge is 2.19. The van der Waals surface area contributed by atoms with Gasteiger partial charge >= 0.3 is 0 Å². The highest BCUT2D eigenvalue weighted by molar-refractivity contribution is 7.93. The Labute approximate surface area is 184 Å². The van der Waals surface area contributed by atoms with Crippen LogP contribution in [0.1, 0.15) is 11.5 Å². The van der Waals surface area contributed by atoms with Crippen molar-refractivity contribution in [3.05, 3.63) is 103 Å². The molecule has 158 valence electrons. The van der Waals surface area contributed by atoms with Crippen molar-refractivity contribution in [1.29, 1.82) is 0 Å². The summed E-state index contributed by atoms with van der Waals surface area (Å²) < 4.78 is 34.6. The van der Waals surface area contributed by atoms with Gasteiger partial charge in [-0.3, -0.25) is 9.71 Å². The van der Waals surface area contributed by atoms with E-state index in [1.54, 1.807) is 48.8 Å². The summed E-state index contributed by atoms with van der Waals surface area (Å²) in [6.45, 7) is 0. The Kier molecular flexibility index (Phi) is 5.12. The molecule has 0 aliphatic heterocycles. The van der Waals surface area contributed by atoms with Crippen LogP contribution in [0.2, 0.25) is 0 Å². The molecule has 7 nitrogen and oxygen atoms in total. The summed E-state index contributed by atoms with van der Waals surface area (Å²) in [7, 11) is -3.82. The quantitative estimate of drug-likeness (QED) is 0.410. The molecular formula is C24H18N4O3S. The first-order valence-electron chi connectivity index (χ1n) is 9.92. The molecule has 2 heterocycles. The highest BCUT2D eigenvalue weighted by atomic mass is 32.2. The summed E-state index contributed by atoms with van der Waals surface area (Å²) >= 11 is 0. The number of para-hydroxylation sites is 1. The zero-order valence-electron chi connectivity index (χ0n) is 16.8. The number of nitrogens with one attached hydrogen (secondary N) is 1. The van der Waals surface area contributed by atoms with Crippen molar-refractivity contribution in [2.24, 2.45) is 0 Å². The minimum atomic E-state index is -3.82. The molecular weight excluding hydrogens is 424 g/mol. The zero-order valence-corrected chi connectivity index (χ0v) is 17.7. The highest BCUT2D eigenvalue weighted by Crippen LogP contribution is 2.27. The van der Waals surface area contributed by atoms with Crippen molar-refractivity contribution in [2.75, 3.05) is 4.72 Å². The Hall–Kier alpha value is -4.04.